The maximum Gasteiger partial charge on any atom is 0.306 e. The van der Waals surface area contributed by atoms with Gasteiger partial charge in [-0.05, 0) is 70.8 Å². The van der Waals surface area contributed by atoms with Gasteiger partial charge in [0.05, 0.1) is 20.6 Å². The van der Waals surface area contributed by atoms with Crippen molar-refractivity contribution in [2.24, 2.45) is 0 Å². The molecular weight excluding hydrogens is 443 g/mol. The summed E-state index contributed by atoms with van der Waals surface area (Å²) in [7, 11) is 2.98. The van der Waals surface area contributed by atoms with Crippen LogP contribution in [0.5, 0.6) is 11.5 Å². The van der Waals surface area contributed by atoms with Crippen LogP contribution in [0.1, 0.15) is 69.8 Å². The van der Waals surface area contributed by atoms with Gasteiger partial charge in [0.15, 0.2) is 0 Å². The van der Waals surface area contributed by atoms with E-state index in [0.717, 1.165) is 28.0 Å². The lowest BCUT2D eigenvalue weighted by molar-refractivity contribution is -0.140. The molecule has 0 aliphatic carbocycles. The van der Waals surface area contributed by atoms with Gasteiger partial charge in [-0.2, -0.15) is 0 Å². The SMILES string of the molecule is COC(=O)C[C@H](C)c1cccc(O[C@H](C)c2ccc(-c3cc(OC)ccc3F)c(C(C)(C)C)c2)c1. The van der Waals surface area contributed by atoms with Gasteiger partial charge in [-0.3, -0.25) is 4.79 Å². The van der Waals surface area contributed by atoms with Gasteiger partial charge in [0.2, 0.25) is 0 Å². The van der Waals surface area contributed by atoms with Crippen LogP contribution in [0.4, 0.5) is 4.39 Å². The van der Waals surface area contributed by atoms with Crippen molar-refractivity contribution in [1.82, 2.24) is 0 Å². The van der Waals surface area contributed by atoms with Crippen molar-refractivity contribution in [2.75, 3.05) is 14.2 Å². The maximum atomic E-state index is 14.8. The predicted octanol–water partition coefficient (Wildman–Crippen LogP) is 7.61. The minimum absolute atomic E-state index is 0.0193. The van der Waals surface area contributed by atoms with Crippen molar-refractivity contribution in [2.45, 2.75) is 58.5 Å². The van der Waals surface area contributed by atoms with Crippen LogP contribution in [0, 0.1) is 5.82 Å². The van der Waals surface area contributed by atoms with Crippen molar-refractivity contribution in [3.05, 3.63) is 83.2 Å². The van der Waals surface area contributed by atoms with Gasteiger partial charge in [-0.25, -0.2) is 4.39 Å². The summed E-state index contributed by atoms with van der Waals surface area (Å²) >= 11 is 0. The smallest absolute Gasteiger partial charge is 0.306 e. The molecule has 35 heavy (non-hydrogen) atoms. The van der Waals surface area contributed by atoms with Crippen molar-refractivity contribution in [1.29, 1.82) is 0 Å². The fourth-order valence-electron chi connectivity index (χ4n) is 4.13. The minimum atomic E-state index is -0.286. The standard InChI is InChI=1S/C30H35FO4/c1-19(15-29(32)34-7)21-9-8-10-24(16-21)35-20(2)22-11-13-25(27(17-22)30(3,4)5)26-18-23(33-6)12-14-28(26)31/h8-14,16-20H,15H2,1-7H3/t19-,20+/m0/s1. The molecule has 186 valence electrons. The molecule has 0 bridgehead atoms. The van der Waals surface area contributed by atoms with E-state index in [1.165, 1.54) is 13.2 Å². The zero-order valence-electron chi connectivity index (χ0n) is 21.6. The summed E-state index contributed by atoms with van der Waals surface area (Å²) in [5.41, 5.74) is 4.17. The van der Waals surface area contributed by atoms with E-state index in [1.807, 2.05) is 50.2 Å². The first-order chi connectivity index (χ1) is 16.5. The third kappa shape index (κ3) is 6.41. The molecule has 3 rings (SSSR count). The van der Waals surface area contributed by atoms with Crippen LogP contribution >= 0.6 is 0 Å². The quantitative estimate of drug-likeness (QED) is 0.313. The average molecular weight is 479 g/mol. The Hall–Kier alpha value is -3.34. The lowest BCUT2D eigenvalue weighted by Crippen LogP contribution is -2.15. The number of methoxy groups -OCH3 is 2. The van der Waals surface area contributed by atoms with Crippen LogP contribution in [0.3, 0.4) is 0 Å². The molecule has 3 aromatic carbocycles. The predicted molar refractivity (Wildman–Crippen MR) is 138 cm³/mol. The summed E-state index contributed by atoms with van der Waals surface area (Å²) in [6.07, 6.45) is 0.0821. The first-order valence-electron chi connectivity index (χ1n) is 11.8. The number of carbonyl (C=O) groups excluding carboxylic acids is 1. The summed E-state index contributed by atoms with van der Waals surface area (Å²) in [6.45, 7) is 10.3. The third-order valence-electron chi connectivity index (χ3n) is 6.23. The van der Waals surface area contributed by atoms with E-state index in [9.17, 15) is 9.18 Å². The Kier molecular flexibility index (Phi) is 8.21. The average Bonchev–Trinajstić information content (AvgIpc) is 2.83. The highest BCUT2D eigenvalue weighted by molar-refractivity contribution is 5.71. The molecular formula is C30H35FO4. The van der Waals surface area contributed by atoms with Gasteiger partial charge in [0.1, 0.15) is 23.4 Å². The Bertz CT molecular complexity index is 1180. The Morgan fingerprint density at radius 1 is 0.886 bits per heavy atom. The molecule has 0 aliphatic rings. The monoisotopic (exact) mass is 478 g/mol. The maximum absolute atomic E-state index is 14.8. The summed E-state index contributed by atoms with van der Waals surface area (Å²) in [4.78, 5) is 11.7. The van der Waals surface area contributed by atoms with Gasteiger partial charge in [-0.15, -0.1) is 0 Å². The van der Waals surface area contributed by atoms with Gasteiger partial charge in [-0.1, -0.05) is 58.0 Å². The summed E-state index contributed by atoms with van der Waals surface area (Å²) in [5, 5.41) is 0. The van der Waals surface area contributed by atoms with E-state index in [4.69, 9.17) is 14.2 Å². The van der Waals surface area contributed by atoms with E-state index < -0.39 is 0 Å². The lowest BCUT2D eigenvalue weighted by atomic mass is 9.80. The van der Waals surface area contributed by atoms with Crippen LogP contribution in [0.25, 0.3) is 11.1 Å². The molecule has 0 aromatic heterocycles. The van der Waals surface area contributed by atoms with E-state index in [0.29, 0.717) is 17.7 Å². The molecule has 0 N–H and O–H groups in total. The zero-order valence-corrected chi connectivity index (χ0v) is 21.6. The van der Waals surface area contributed by atoms with Gasteiger partial charge < -0.3 is 14.2 Å². The zero-order chi connectivity index (χ0) is 25.8. The molecule has 0 fully saturated rings. The summed E-state index contributed by atoms with van der Waals surface area (Å²) in [5.74, 6) is 0.840. The Balaban J connectivity index is 1.91. The van der Waals surface area contributed by atoms with E-state index in [1.54, 1.807) is 19.2 Å². The molecule has 0 heterocycles. The van der Waals surface area contributed by atoms with Crippen LogP contribution in [-0.2, 0) is 14.9 Å². The van der Waals surface area contributed by atoms with E-state index in [-0.39, 0.29) is 29.2 Å². The van der Waals surface area contributed by atoms with Gasteiger partial charge in [0.25, 0.3) is 0 Å². The fourth-order valence-corrected chi connectivity index (χ4v) is 4.13. The van der Waals surface area contributed by atoms with Crippen molar-refractivity contribution in [3.63, 3.8) is 0 Å². The molecule has 0 aliphatic heterocycles. The van der Waals surface area contributed by atoms with Crippen LogP contribution in [0.2, 0.25) is 0 Å². The second-order valence-corrected chi connectivity index (χ2v) is 9.91. The van der Waals surface area contributed by atoms with Crippen LogP contribution in [-0.4, -0.2) is 20.2 Å². The topological polar surface area (TPSA) is 44.8 Å². The highest BCUT2D eigenvalue weighted by Gasteiger charge is 2.23. The molecule has 0 saturated heterocycles. The highest BCUT2D eigenvalue weighted by Crippen LogP contribution is 2.38. The second kappa shape index (κ2) is 10.9. The second-order valence-electron chi connectivity index (χ2n) is 9.91. The molecule has 5 heteroatoms. The number of hydrogen-bond acceptors (Lipinski definition) is 4. The molecule has 0 amide bonds. The Morgan fingerprint density at radius 3 is 2.29 bits per heavy atom. The Morgan fingerprint density at radius 2 is 1.63 bits per heavy atom. The van der Waals surface area contributed by atoms with E-state index in [2.05, 4.69) is 26.8 Å². The molecule has 3 aromatic rings. The number of benzene rings is 3. The molecule has 0 unspecified atom stereocenters. The van der Waals surface area contributed by atoms with Crippen LogP contribution < -0.4 is 9.47 Å². The Labute approximate surface area is 208 Å². The summed E-state index contributed by atoms with van der Waals surface area (Å²) < 4.78 is 31.2. The van der Waals surface area contributed by atoms with Crippen molar-refractivity contribution in [3.8, 4) is 22.6 Å². The van der Waals surface area contributed by atoms with Gasteiger partial charge in [0, 0.05) is 5.56 Å². The number of halogens is 1. The first kappa shape index (κ1) is 26.3. The molecule has 4 nitrogen and oxygen atoms in total. The molecule has 0 spiro atoms. The third-order valence-corrected chi connectivity index (χ3v) is 6.23. The van der Waals surface area contributed by atoms with Crippen molar-refractivity contribution >= 4 is 5.97 Å². The molecule has 2 atom stereocenters. The number of carbonyl (C=O) groups is 1. The first-order valence-corrected chi connectivity index (χ1v) is 11.8. The fraction of sp³-hybridized carbons (Fsp3) is 0.367. The number of rotatable bonds is 8. The highest BCUT2D eigenvalue weighted by atomic mass is 19.1. The van der Waals surface area contributed by atoms with E-state index >= 15 is 0 Å². The summed E-state index contributed by atoms with van der Waals surface area (Å²) in [6, 6.07) is 18.6. The number of ether oxygens (including phenoxy) is 3. The molecule has 0 saturated carbocycles. The largest absolute Gasteiger partial charge is 0.497 e. The molecule has 0 radical (unpaired) electrons. The van der Waals surface area contributed by atoms with Gasteiger partial charge >= 0.3 is 5.97 Å². The number of esters is 1. The van der Waals surface area contributed by atoms with Crippen molar-refractivity contribution < 1.29 is 23.4 Å². The normalized spacial score (nSPS) is 13.1. The lowest BCUT2D eigenvalue weighted by Gasteiger charge is -2.26. The van der Waals surface area contributed by atoms with Crippen LogP contribution in [0.15, 0.2) is 60.7 Å². The minimum Gasteiger partial charge on any atom is -0.497 e. The number of hydrogen-bond donors (Lipinski definition) is 0.